The van der Waals surface area contributed by atoms with Crippen LogP contribution in [0.5, 0.6) is 0 Å². The third-order valence-corrected chi connectivity index (χ3v) is 6.57. The Morgan fingerprint density at radius 3 is 2.08 bits per heavy atom. The lowest BCUT2D eigenvalue weighted by molar-refractivity contribution is -0.137. The minimum absolute atomic E-state index is 0.130. The average molecular weight is 547 g/mol. The molecule has 1 heterocycles. The summed E-state index contributed by atoms with van der Waals surface area (Å²) in [5.41, 5.74) is 3.02. The lowest BCUT2D eigenvalue weighted by Crippen LogP contribution is -2.23. The Labute approximate surface area is 226 Å². The molecule has 1 amide bonds. The van der Waals surface area contributed by atoms with E-state index in [0.717, 1.165) is 17.5 Å². The van der Waals surface area contributed by atoms with Crippen molar-refractivity contribution in [2.45, 2.75) is 19.3 Å². The lowest BCUT2D eigenvalue weighted by Gasteiger charge is -2.14. The first kappa shape index (κ1) is 26.7. The van der Waals surface area contributed by atoms with E-state index in [0.29, 0.717) is 33.3 Å². The van der Waals surface area contributed by atoms with Gasteiger partial charge in [-0.15, -0.1) is 0 Å². The van der Waals surface area contributed by atoms with Crippen molar-refractivity contribution in [1.82, 2.24) is 9.88 Å². The van der Waals surface area contributed by atoms with E-state index in [9.17, 15) is 27.2 Å². The van der Waals surface area contributed by atoms with Crippen molar-refractivity contribution in [2.24, 2.45) is 0 Å². The number of fused-ring (bicyclic) bond motifs is 1. The number of nitrogens with one attached hydrogen (secondary N) is 1. The van der Waals surface area contributed by atoms with Gasteiger partial charge >= 0.3 is 12.1 Å². The summed E-state index contributed by atoms with van der Waals surface area (Å²) in [4.78, 5) is 24.6. The van der Waals surface area contributed by atoms with Gasteiger partial charge in [0, 0.05) is 24.7 Å². The first-order chi connectivity index (χ1) is 19.1. The van der Waals surface area contributed by atoms with Crippen molar-refractivity contribution in [2.75, 3.05) is 0 Å². The van der Waals surface area contributed by atoms with E-state index in [1.807, 2.05) is 12.1 Å². The summed E-state index contributed by atoms with van der Waals surface area (Å²) in [6.07, 6.45) is -2.67. The molecule has 1 aromatic heterocycles. The second-order valence-corrected chi connectivity index (χ2v) is 9.29. The first-order valence-electron chi connectivity index (χ1n) is 12.2. The number of carbonyl (C=O) groups is 2. The molecule has 5 nitrogen and oxygen atoms in total. The Morgan fingerprint density at radius 2 is 1.45 bits per heavy atom. The minimum Gasteiger partial charge on any atom is -0.478 e. The number of hydrogen-bond donors (Lipinski definition) is 2. The third-order valence-electron chi connectivity index (χ3n) is 6.57. The van der Waals surface area contributed by atoms with Crippen molar-refractivity contribution in [3.63, 3.8) is 0 Å². The molecule has 0 spiro atoms. The van der Waals surface area contributed by atoms with Crippen LogP contribution in [0.3, 0.4) is 0 Å². The van der Waals surface area contributed by atoms with Crippen LogP contribution in [-0.2, 0) is 19.3 Å². The highest BCUT2D eigenvalue weighted by Gasteiger charge is 2.30. The van der Waals surface area contributed by atoms with Crippen LogP contribution in [-0.4, -0.2) is 21.6 Å². The summed E-state index contributed by atoms with van der Waals surface area (Å²) < 4.78 is 54.3. The van der Waals surface area contributed by atoms with Gasteiger partial charge in [-0.3, -0.25) is 4.79 Å². The summed E-state index contributed by atoms with van der Waals surface area (Å²) in [7, 11) is 0. The molecule has 0 unspecified atom stereocenters. The number of nitrogens with zero attached hydrogens (tertiary/aromatic N) is 1. The molecule has 2 N–H and O–H groups in total. The predicted molar refractivity (Wildman–Crippen MR) is 142 cm³/mol. The molecule has 0 saturated carbocycles. The summed E-state index contributed by atoms with van der Waals surface area (Å²) in [6, 6.07) is 22.2. The fourth-order valence-electron chi connectivity index (χ4n) is 4.50. The number of benzene rings is 4. The highest BCUT2D eigenvalue weighted by Crippen LogP contribution is 2.31. The molecule has 5 rings (SSSR count). The van der Waals surface area contributed by atoms with Gasteiger partial charge in [0.25, 0.3) is 5.91 Å². The summed E-state index contributed by atoms with van der Waals surface area (Å²) >= 11 is 0. The monoisotopic (exact) mass is 546 g/mol. The van der Waals surface area contributed by atoms with Gasteiger partial charge in [-0.25, -0.2) is 9.18 Å². The van der Waals surface area contributed by atoms with E-state index in [1.54, 1.807) is 41.1 Å². The van der Waals surface area contributed by atoms with E-state index in [2.05, 4.69) is 5.32 Å². The van der Waals surface area contributed by atoms with Crippen LogP contribution in [0.15, 0.2) is 97.2 Å². The molecule has 40 heavy (non-hydrogen) atoms. The maximum Gasteiger partial charge on any atom is 0.416 e. The van der Waals surface area contributed by atoms with Crippen molar-refractivity contribution < 1.29 is 32.3 Å². The lowest BCUT2D eigenvalue weighted by atomic mass is 9.99. The normalized spacial score (nSPS) is 11.5. The van der Waals surface area contributed by atoms with Gasteiger partial charge in [0.05, 0.1) is 22.2 Å². The van der Waals surface area contributed by atoms with Crippen LogP contribution in [0.2, 0.25) is 0 Å². The number of amides is 1. The van der Waals surface area contributed by atoms with Gasteiger partial charge in [-0.1, -0.05) is 36.4 Å². The first-order valence-corrected chi connectivity index (χ1v) is 12.2. The topological polar surface area (TPSA) is 71.3 Å². The summed E-state index contributed by atoms with van der Waals surface area (Å²) in [6.45, 7) is 0.370. The number of hydrogen-bond acceptors (Lipinski definition) is 2. The van der Waals surface area contributed by atoms with Crippen LogP contribution < -0.4 is 5.32 Å². The Kier molecular flexibility index (Phi) is 7.13. The number of aromatic carboxylic acids is 1. The van der Waals surface area contributed by atoms with E-state index >= 15 is 0 Å². The van der Waals surface area contributed by atoms with Crippen molar-refractivity contribution >= 4 is 22.8 Å². The van der Waals surface area contributed by atoms with E-state index < -0.39 is 23.6 Å². The second kappa shape index (κ2) is 10.7. The molecule has 5 aromatic rings. The van der Waals surface area contributed by atoms with Gasteiger partial charge in [0.1, 0.15) is 5.82 Å². The molecule has 4 aromatic carbocycles. The number of alkyl halides is 3. The van der Waals surface area contributed by atoms with Crippen molar-refractivity contribution in [3.05, 3.63) is 131 Å². The molecule has 0 fully saturated rings. The SMILES string of the molecule is O=C(O)c1ccc(CNC(=O)c2cc(-c3ccc(F)cc3)cc3ccn(Cc4ccc(C(F)(F)F)cc4)c23)cc1. The molecule has 0 aliphatic carbocycles. The van der Waals surface area contributed by atoms with Crippen LogP contribution in [0.25, 0.3) is 22.0 Å². The Hall–Kier alpha value is -4.92. The maximum absolute atomic E-state index is 13.5. The summed E-state index contributed by atoms with van der Waals surface area (Å²) in [5.74, 6) is -1.84. The number of aromatic nitrogens is 1. The molecule has 0 saturated heterocycles. The summed E-state index contributed by atoms with van der Waals surface area (Å²) in [5, 5.41) is 12.7. The second-order valence-electron chi connectivity index (χ2n) is 9.29. The minimum atomic E-state index is -4.44. The fraction of sp³-hybridized carbons (Fsp3) is 0.0968. The predicted octanol–water partition coefficient (Wildman–Crippen LogP) is 7.14. The molecule has 0 aliphatic rings. The van der Waals surface area contributed by atoms with E-state index in [4.69, 9.17) is 5.11 Å². The molecular weight excluding hydrogens is 524 g/mol. The number of carbonyl (C=O) groups excluding carboxylic acids is 1. The molecule has 202 valence electrons. The smallest absolute Gasteiger partial charge is 0.416 e. The number of halogens is 4. The van der Waals surface area contributed by atoms with E-state index in [-0.39, 0.29) is 24.5 Å². The highest BCUT2D eigenvalue weighted by molar-refractivity contribution is 6.07. The molecule has 0 aliphatic heterocycles. The van der Waals surface area contributed by atoms with E-state index in [1.165, 1.54) is 36.4 Å². The molecule has 0 bridgehead atoms. The molecule has 9 heteroatoms. The van der Waals surface area contributed by atoms with Gasteiger partial charge in [-0.05, 0) is 76.9 Å². The number of rotatable bonds is 7. The number of carboxylic acids is 1. The quantitative estimate of drug-likeness (QED) is 0.213. The van der Waals surface area contributed by atoms with Crippen molar-refractivity contribution in [1.29, 1.82) is 0 Å². The standard InChI is InChI=1S/C31H22F4N2O3/c32-26-11-7-21(8-12-26)24-15-23-13-14-37(18-20-3-9-25(10-4-20)31(33,34)35)28(23)27(16-24)29(38)36-17-19-1-5-22(6-2-19)30(39)40/h1-16H,17-18H2,(H,36,38)(H,39,40). The molecule has 0 radical (unpaired) electrons. The van der Waals surface area contributed by atoms with Crippen LogP contribution in [0.1, 0.15) is 37.4 Å². The average Bonchev–Trinajstić information content (AvgIpc) is 3.34. The zero-order valence-electron chi connectivity index (χ0n) is 20.9. The van der Waals surface area contributed by atoms with Crippen molar-refractivity contribution in [3.8, 4) is 11.1 Å². The molecule has 0 atom stereocenters. The van der Waals surface area contributed by atoms with Crippen LogP contribution in [0, 0.1) is 5.82 Å². The Balaban J connectivity index is 1.50. The molecular formula is C31H22F4N2O3. The van der Waals surface area contributed by atoms with Gasteiger partial charge in [-0.2, -0.15) is 13.2 Å². The Bertz CT molecular complexity index is 1690. The fourth-order valence-corrected chi connectivity index (χ4v) is 4.50. The highest BCUT2D eigenvalue weighted by atomic mass is 19.4. The largest absolute Gasteiger partial charge is 0.478 e. The van der Waals surface area contributed by atoms with Crippen LogP contribution >= 0.6 is 0 Å². The van der Waals surface area contributed by atoms with Crippen LogP contribution in [0.4, 0.5) is 17.6 Å². The Morgan fingerprint density at radius 1 is 0.800 bits per heavy atom. The zero-order valence-corrected chi connectivity index (χ0v) is 20.9. The third kappa shape index (κ3) is 5.73. The maximum atomic E-state index is 13.5. The van der Waals surface area contributed by atoms with Gasteiger partial charge in [0.2, 0.25) is 0 Å². The van der Waals surface area contributed by atoms with Gasteiger partial charge < -0.3 is 15.0 Å². The zero-order chi connectivity index (χ0) is 28.4. The van der Waals surface area contributed by atoms with Gasteiger partial charge in [0.15, 0.2) is 0 Å². The number of carboxylic acid groups (broad SMARTS) is 1.